The highest BCUT2D eigenvalue weighted by atomic mass is 16.2. The van der Waals surface area contributed by atoms with Gasteiger partial charge in [-0.2, -0.15) is 0 Å². The Morgan fingerprint density at radius 1 is 0.840 bits per heavy atom. The molecule has 3 nitrogen and oxygen atoms in total. The number of hydrogen-bond acceptors (Lipinski definition) is 2. The number of benzene rings is 2. The van der Waals surface area contributed by atoms with Crippen LogP contribution in [-0.4, -0.2) is 16.7 Å². The SMILES string of the molecule is CC(C)(C)c1cccc(C2C3C(=O)N(Cc4ccccc4)C(=O)C32)c1. The van der Waals surface area contributed by atoms with Crippen LogP contribution in [0.4, 0.5) is 0 Å². The molecule has 128 valence electrons. The molecule has 0 bridgehead atoms. The second-order valence-corrected chi connectivity index (χ2v) is 8.20. The second-order valence-electron chi connectivity index (χ2n) is 8.20. The largest absolute Gasteiger partial charge is 0.278 e. The van der Waals surface area contributed by atoms with Gasteiger partial charge in [0.05, 0.1) is 18.4 Å². The first-order chi connectivity index (χ1) is 11.9. The molecule has 2 aromatic carbocycles. The predicted octanol–water partition coefficient (Wildman–Crippen LogP) is 3.88. The van der Waals surface area contributed by atoms with Crippen LogP contribution in [0.5, 0.6) is 0 Å². The molecular formula is C22H23NO2. The molecule has 3 heteroatoms. The lowest BCUT2D eigenvalue weighted by atomic mass is 9.85. The normalized spacial score (nSPS) is 25.2. The molecule has 1 saturated heterocycles. The van der Waals surface area contributed by atoms with E-state index < -0.39 is 0 Å². The Hall–Kier alpha value is -2.42. The summed E-state index contributed by atoms with van der Waals surface area (Å²) < 4.78 is 0. The smallest absolute Gasteiger partial charge is 0.234 e. The van der Waals surface area contributed by atoms with E-state index in [0.29, 0.717) is 6.54 Å². The number of carbonyl (C=O) groups excluding carboxylic acids is 2. The maximum atomic E-state index is 12.7. The fraction of sp³-hybridized carbons (Fsp3) is 0.364. The summed E-state index contributed by atoms with van der Waals surface area (Å²) in [6, 6.07) is 18.1. The molecule has 0 spiro atoms. The van der Waals surface area contributed by atoms with Gasteiger partial charge < -0.3 is 0 Å². The van der Waals surface area contributed by atoms with Gasteiger partial charge in [-0.3, -0.25) is 14.5 Å². The Balaban J connectivity index is 1.54. The van der Waals surface area contributed by atoms with Crippen molar-refractivity contribution in [3.63, 3.8) is 0 Å². The summed E-state index contributed by atoms with van der Waals surface area (Å²) in [4.78, 5) is 26.9. The first kappa shape index (κ1) is 16.1. The van der Waals surface area contributed by atoms with Gasteiger partial charge in [0.1, 0.15) is 0 Å². The highest BCUT2D eigenvalue weighted by Gasteiger charge is 2.67. The van der Waals surface area contributed by atoms with E-state index in [1.165, 1.54) is 10.5 Å². The summed E-state index contributed by atoms with van der Waals surface area (Å²) >= 11 is 0. The number of amides is 2. The summed E-state index contributed by atoms with van der Waals surface area (Å²) in [5.41, 5.74) is 3.43. The van der Waals surface area contributed by atoms with Crippen molar-refractivity contribution in [1.29, 1.82) is 0 Å². The van der Waals surface area contributed by atoms with Crippen LogP contribution in [0.25, 0.3) is 0 Å². The molecule has 2 aliphatic rings. The molecule has 1 saturated carbocycles. The number of fused-ring (bicyclic) bond motifs is 1. The van der Waals surface area contributed by atoms with E-state index in [4.69, 9.17) is 0 Å². The van der Waals surface area contributed by atoms with Crippen molar-refractivity contribution < 1.29 is 9.59 Å². The summed E-state index contributed by atoms with van der Waals surface area (Å²) in [6.07, 6.45) is 0. The molecule has 2 aromatic rings. The molecule has 1 heterocycles. The van der Waals surface area contributed by atoms with E-state index in [2.05, 4.69) is 39.0 Å². The molecular weight excluding hydrogens is 310 g/mol. The number of hydrogen-bond donors (Lipinski definition) is 0. The third-order valence-electron chi connectivity index (χ3n) is 5.44. The van der Waals surface area contributed by atoms with Gasteiger partial charge in [-0.25, -0.2) is 0 Å². The zero-order valence-electron chi connectivity index (χ0n) is 14.9. The van der Waals surface area contributed by atoms with Crippen LogP contribution in [0.1, 0.15) is 43.4 Å². The highest BCUT2D eigenvalue weighted by molar-refractivity contribution is 6.10. The van der Waals surface area contributed by atoms with Gasteiger partial charge in [-0.05, 0) is 22.1 Å². The minimum atomic E-state index is -0.161. The van der Waals surface area contributed by atoms with Crippen LogP contribution in [0.2, 0.25) is 0 Å². The zero-order valence-corrected chi connectivity index (χ0v) is 14.9. The number of likely N-dealkylation sites (tertiary alicyclic amines) is 1. The number of rotatable bonds is 3. The maximum Gasteiger partial charge on any atom is 0.234 e. The molecule has 2 unspecified atom stereocenters. The molecule has 2 amide bonds. The summed E-state index contributed by atoms with van der Waals surface area (Å²) in [6.45, 7) is 6.92. The van der Waals surface area contributed by atoms with Crippen molar-refractivity contribution >= 4 is 11.8 Å². The molecule has 0 N–H and O–H groups in total. The van der Waals surface area contributed by atoms with E-state index in [1.807, 2.05) is 36.4 Å². The van der Waals surface area contributed by atoms with Crippen LogP contribution in [0.3, 0.4) is 0 Å². The van der Waals surface area contributed by atoms with Crippen LogP contribution >= 0.6 is 0 Å². The van der Waals surface area contributed by atoms with E-state index in [-0.39, 0.29) is 35.0 Å². The lowest BCUT2D eigenvalue weighted by Gasteiger charge is -2.21. The third kappa shape index (κ3) is 2.68. The molecule has 4 rings (SSSR count). The van der Waals surface area contributed by atoms with E-state index in [9.17, 15) is 9.59 Å². The molecule has 0 radical (unpaired) electrons. The Morgan fingerprint density at radius 3 is 2.08 bits per heavy atom. The molecule has 25 heavy (non-hydrogen) atoms. The number of carbonyl (C=O) groups is 2. The van der Waals surface area contributed by atoms with Crippen molar-refractivity contribution in [2.24, 2.45) is 11.8 Å². The lowest BCUT2D eigenvalue weighted by Crippen LogP contribution is -2.33. The number of nitrogens with zero attached hydrogens (tertiary/aromatic N) is 1. The topological polar surface area (TPSA) is 37.4 Å². The minimum absolute atomic E-state index is 0.00925. The molecule has 2 atom stereocenters. The van der Waals surface area contributed by atoms with Gasteiger partial charge in [-0.1, -0.05) is 75.4 Å². The standard InChI is InChI=1S/C22H23NO2/c1-22(2,3)16-11-7-10-15(12-16)17-18-19(17)21(25)23(20(18)24)13-14-8-5-4-6-9-14/h4-12,17-19H,13H2,1-3H3. The Labute approximate surface area is 148 Å². The monoisotopic (exact) mass is 333 g/mol. The minimum Gasteiger partial charge on any atom is -0.278 e. The quantitative estimate of drug-likeness (QED) is 0.799. The van der Waals surface area contributed by atoms with Crippen LogP contribution in [0.15, 0.2) is 54.6 Å². The summed E-state index contributed by atoms with van der Waals surface area (Å²) in [7, 11) is 0. The van der Waals surface area contributed by atoms with Crippen molar-refractivity contribution in [2.45, 2.75) is 38.6 Å². The van der Waals surface area contributed by atoms with Crippen LogP contribution in [-0.2, 0) is 21.5 Å². The second kappa shape index (κ2) is 5.55. The Morgan fingerprint density at radius 2 is 1.48 bits per heavy atom. The first-order valence-electron chi connectivity index (χ1n) is 8.87. The summed E-state index contributed by atoms with van der Waals surface area (Å²) in [5.74, 6) is -0.276. The molecule has 1 aliphatic heterocycles. The first-order valence-corrected chi connectivity index (χ1v) is 8.87. The van der Waals surface area contributed by atoms with Crippen molar-refractivity contribution in [1.82, 2.24) is 4.90 Å². The van der Waals surface area contributed by atoms with Gasteiger partial charge in [0.2, 0.25) is 11.8 Å². The Kier molecular flexibility index (Phi) is 3.57. The summed E-state index contributed by atoms with van der Waals surface area (Å²) in [5, 5.41) is 0. The fourth-order valence-corrected chi connectivity index (χ4v) is 3.94. The van der Waals surface area contributed by atoms with E-state index in [1.54, 1.807) is 0 Å². The molecule has 1 aliphatic carbocycles. The maximum absolute atomic E-state index is 12.7. The van der Waals surface area contributed by atoms with Gasteiger partial charge in [0.25, 0.3) is 0 Å². The lowest BCUT2D eigenvalue weighted by molar-refractivity contribution is -0.142. The van der Waals surface area contributed by atoms with Crippen LogP contribution in [0, 0.1) is 11.8 Å². The average molecular weight is 333 g/mol. The van der Waals surface area contributed by atoms with Gasteiger partial charge in [-0.15, -0.1) is 0 Å². The van der Waals surface area contributed by atoms with Crippen molar-refractivity contribution in [2.75, 3.05) is 0 Å². The predicted molar refractivity (Wildman–Crippen MR) is 96.9 cm³/mol. The van der Waals surface area contributed by atoms with Gasteiger partial charge in [0.15, 0.2) is 0 Å². The van der Waals surface area contributed by atoms with Crippen molar-refractivity contribution in [3.8, 4) is 0 Å². The number of piperidine rings is 1. The van der Waals surface area contributed by atoms with Crippen molar-refractivity contribution in [3.05, 3.63) is 71.3 Å². The zero-order chi connectivity index (χ0) is 17.8. The number of imide groups is 1. The van der Waals surface area contributed by atoms with Crippen LogP contribution < -0.4 is 0 Å². The molecule has 0 aromatic heterocycles. The fourth-order valence-electron chi connectivity index (χ4n) is 3.94. The highest BCUT2D eigenvalue weighted by Crippen LogP contribution is 2.59. The van der Waals surface area contributed by atoms with E-state index >= 15 is 0 Å². The average Bonchev–Trinajstić information content (AvgIpc) is 3.29. The van der Waals surface area contributed by atoms with E-state index in [0.717, 1.165) is 11.1 Å². The Bertz CT molecular complexity index is 813. The molecule has 2 fully saturated rings. The van der Waals surface area contributed by atoms with Gasteiger partial charge >= 0.3 is 0 Å². The van der Waals surface area contributed by atoms with Gasteiger partial charge in [0, 0.05) is 5.92 Å². The third-order valence-corrected chi connectivity index (χ3v) is 5.44.